The molecule has 0 radical (unpaired) electrons. The third-order valence-corrected chi connectivity index (χ3v) is 12.1. The maximum Gasteiger partial charge on any atom is 0.164 e. The van der Waals surface area contributed by atoms with Crippen LogP contribution in [0.4, 0.5) is 0 Å². The maximum atomic E-state index is 9.30. The van der Waals surface area contributed by atoms with Crippen LogP contribution in [0.5, 0.6) is 0 Å². The molecule has 0 unspecified atom stereocenters. The van der Waals surface area contributed by atoms with E-state index < -0.39 is 0 Å². The molecule has 4 aliphatic carbocycles. The van der Waals surface area contributed by atoms with Gasteiger partial charge < -0.3 is 0 Å². The lowest BCUT2D eigenvalue weighted by Gasteiger charge is -2.57. The molecule has 4 saturated carbocycles. The SMILES string of the molecule is N#Cc1ccc2cc(-c3ccc(-c4nc(-c5ccccc5)nc(-c5ccccc5-c5ccc(C67C[C@H]8C[C@H](C6)C[C@@H](C7)C8)cc5)n4)cc3)ccc2c1. The quantitative estimate of drug-likeness (QED) is 0.177. The lowest BCUT2D eigenvalue weighted by Crippen LogP contribution is -2.48. The number of fused-ring (bicyclic) bond motifs is 1. The van der Waals surface area contributed by atoms with Crippen molar-refractivity contribution in [2.75, 3.05) is 0 Å². The molecule has 0 atom stereocenters. The molecule has 1 aromatic heterocycles. The molecule has 0 saturated heterocycles. The van der Waals surface area contributed by atoms with Gasteiger partial charge in [-0.25, -0.2) is 15.0 Å². The van der Waals surface area contributed by atoms with Crippen molar-refractivity contribution in [2.24, 2.45) is 17.8 Å². The Morgan fingerprint density at radius 3 is 1.65 bits per heavy atom. The molecule has 4 nitrogen and oxygen atoms in total. The zero-order chi connectivity index (χ0) is 34.6. The standard InChI is InChI=1S/C48H38N4/c49-30-31-10-11-41-26-40(17-16-39(41)25-31)35-12-14-38(15-13-35)46-50-45(37-6-2-1-3-7-37)51-47(52-46)44-9-5-4-8-43(44)36-18-20-42(21-19-36)48-27-32-22-33(28-48)24-34(23-32)29-48/h1-21,25-26,32-34H,22-24,27-29H2/t32-,33-,34-,48?. The van der Waals surface area contributed by atoms with Gasteiger partial charge in [-0.2, -0.15) is 5.26 Å². The highest BCUT2D eigenvalue weighted by molar-refractivity contribution is 5.88. The first-order chi connectivity index (χ1) is 25.6. The molecule has 250 valence electrons. The van der Waals surface area contributed by atoms with Crippen LogP contribution < -0.4 is 0 Å². The minimum absolute atomic E-state index is 0.381. The molecule has 6 aromatic carbocycles. The first kappa shape index (κ1) is 30.9. The molecule has 4 bridgehead atoms. The number of aromatic nitrogens is 3. The van der Waals surface area contributed by atoms with Gasteiger partial charge in [-0.15, -0.1) is 0 Å². The van der Waals surface area contributed by atoms with Crippen LogP contribution in [0, 0.1) is 29.1 Å². The largest absolute Gasteiger partial charge is 0.208 e. The normalized spacial score (nSPS) is 21.6. The van der Waals surface area contributed by atoms with E-state index in [1.807, 2.05) is 36.4 Å². The predicted octanol–water partition coefficient (Wildman–Crippen LogP) is 11.7. The Bertz CT molecular complexity index is 2460. The van der Waals surface area contributed by atoms with Crippen molar-refractivity contribution in [2.45, 2.75) is 43.9 Å². The fourth-order valence-corrected chi connectivity index (χ4v) is 10.0. The second-order valence-corrected chi connectivity index (χ2v) is 15.5. The van der Waals surface area contributed by atoms with E-state index in [-0.39, 0.29) is 0 Å². The fraction of sp³-hybridized carbons (Fsp3) is 0.208. The summed E-state index contributed by atoms with van der Waals surface area (Å²) in [7, 11) is 0. The van der Waals surface area contributed by atoms with Crippen molar-refractivity contribution >= 4 is 10.8 Å². The van der Waals surface area contributed by atoms with Crippen molar-refractivity contribution in [3.63, 3.8) is 0 Å². The molecule has 52 heavy (non-hydrogen) atoms. The highest BCUT2D eigenvalue weighted by Crippen LogP contribution is 2.60. The number of hydrogen-bond donors (Lipinski definition) is 0. The van der Waals surface area contributed by atoms with Gasteiger partial charge in [-0.05, 0) is 118 Å². The van der Waals surface area contributed by atoms with Crippen LogP contribution in [0.25, 0.3) is 67.2 Å². The Kier molecular flexibility index (Phi) is 7.35. The van der Waals surface area contributed by atoms with Gasteiger partial charge in [-0.1, -0.05) is 121 Å². The Morgan fingerprint density at radius 2 is 0.981 bits per heavy atom. The molecule has 4 aliphatic rings. The summed E-state index contributed by atoms with van der Waals surface area (Å²) in [6.45, 7) is 0. The van der Waals surface area contributed by atoms with Crippen molar-refractivity contribution in [1.82, 2.24) is 15.0 Å². The van der Waals surface area contributed by atoms with E-state index in [0.29, 0.717) is 28.5 Å². The summed E-state index contributed by atoms with van der Waals surface area (Å²) < 4.78 is 0. The number of hydrogen-bond acceptors (Lipinski definition) is 4. The lowest BCUT2D eigenvalue weighted by atomic mass is 9.48. The molecular formula is C48H38N4. The summed E-state index contributed by atoms with van der Waals surface area (Å²) in [4.78, 5) is 15.2. The minimum atomic E-state index is 0.381. The van der Waals surface area contributed by atoms with Gasteiger partial charge >= 0.3 is 0 Å². The van der Waals surface area contributed by atoms with Gasteiger partial charge in [0.15, 0.2) is 17.5 Å². The molecule has 0 spiro atoms. The van der Waals surface area contributed by atoms with E-state index in [4.69, 9.17) is 15.0 Å². The van der Waals surface area contributed by atoms with Gasteiger partial charge in [0, 0.05) is 16.7 Å². The highest BCUT2D eigenvalue weighted by Gasteiger charge is 2.51. The topological polar surface area (TPSA) is 62.5 Å². The molecule has 0 N–H and O–H groups in total. The van der Waals surface area contributed by atoms with Gasteiger partial charge in [0.25, 0.3) is 0 Å². The highest BCUT2D eigenvalue weighted by atomic mass is 15.0. The summed E-state index contributed by atoms with van der Waals surface area (Å²) in [5, 5.41) is 11.5. The van der Waals surface area contributed by atoms with Crippen LogP contribution in [0.2, 0.25) is 0 Å². The molecule has 0 aliphatic heterocycles. The average molecular weight is 671 g/mol. The van der Waals surface area contributed by atoms with Crippen LogP contribution in [-0.4, -0.2) is 15.0 Å². The summed E-state index contributed by atoms with van der Waals surface area (Å²) >= 11 is 0. The average Bonchev–Trinajstić information content (AvgIpc) is 3.20. The van der Waals surface area contributed by atoms with Crippen LogP contribution >= 0.6 is 0 Å². The maximum absolute atomic E-state index is 9.30. The Morgan fingerprint density at radius 1 is 0.462 bits per heavy atom. The summed E-state index contributed by atoms with van der Waals surface area (Å²) in [6, 6.07) is 51.1. The molecule has 11 rings (SSSR count). The Hall–Kier alpha value is -5.92. The van der Waals surface area contributed by atoms with Crippen molar-refractivity contribution in [3.8, 4) is 62.5 Å². The lowest BCUT2D eigenvalue weighted by molar-refractivity contribution is -0.00518. The summed E-state index contributed by atoms with van der Waals surface area (Å²) in [5.74, 6) is 4.75. The van der Waals surface area contributed by atoms with E-state index in [1.54, 1.807) is 5.56 Å². The molecular weight excluding hydrogens is 633 g/mol. The molecule has 1 heterocycles. The van der Waals surface area contributed by atoms with Gasteiger partial charge in [0.1, 0.15) is 0 Å². The third-order valence-electron chi connectivity index (χ3n) is 12.1. The first-order valence-electron chi connectivity index (χ1n) is 18.7. The molecule has 0 amide bonds. The van der Waals surface area contributed by atoms with E-state index in [1.165, 1.54) is 44.1 Å². The second-order valence-electron chi connectivity index (χ2n) is 15.5. The fourth-order valence-electron chi connectivity index (χ4n) is 10.0. The zero-order valence-corrected chi connectivity index (χ0v) is 29.0. The van der Waals surface area contributed by atoms with Crippen LogP contribution in [0.15, 0.2) is 140 Å². The predicted molar refractivity (Wildman–Crippen MR) is 209 cm³/mol. The summed E-state index contributed by atoms with van der Waals surface area (Å²) in [5.41, 5.74) is 10.0. The number of nitriles is 1. The second kappa shape index (κ2) is 12.4. The van der Waals surface area contributed by atoms with Crippen LogP contribution in [0.3, 0.4) is 0 Å². The number of rotatable bonds is 6. The van der Waals surface area contributed by atoms with Crippen molar-refractivity contribution < 1.29 is 0 Å². The smallest absolute Gasteiger partial charge is 0.164 e. The molecule has 4 fully saturated rings. The third kappa shape index (κ3) is 5.49. The first-order valence-corrected chi connectivity index (χ1v) is 18.7. The number of benzene rings is 6. The minimum Gasteiger partial charge on any atom is -0.208 e. The molecule has 4 heteroatoms. The Labute approximate surface area is 304 Å². The Balaban J connectivity index is 1.01. The van der Waals surface area contributed by atoms with E-state index in [2.05, 4.69) is 109 Å². The van der Waals surface area contributed by atoms with Crippen molar-refractivity contribution in [3.05, 3.63) is 151 Å². The zero-order valence-electron chi connectivity index (χ0n) is 29.0. The number of nitrogens with zero attached hydrogens (tertiary/aromatic N) is 4. The van der Waals surface area contributed by atoms with Crippen LogP contribution in [0.1, 0.15) is 49.7 Å². The van der Waals surface area contributed by atoms with Crippen LogP contribution in [-0.2, 0) is 5.41 Å². The van der Waals surface area contributed by atoms with E-state index >= 15 is 0 Å². The monoisotopic (exact) mass is 670 g/mol. The van der Waals surface area contributed by atoms with E-state index in [9.17, 15) is 5.26 Å². The van der Waals surface area contributed by atoms with Gasteiger partial charge in [0.05, 0.1) is 11.6 Å². The van der Waals surface area contributed by atoms with E-state index in [0.717, 1.165) is 61.9 Å². The van der Waals surface area contributed by atoms with Gasteiger partial charge in [0.2, 0.25) is 0 Å². The molecule has 7 aromatic rings. The van der Waals surface area contributed by atoms with Crippen molar-refractivity contribution in [1.29, 1.82) is 5.26 Å². The van der Waals surface area contributed by atoms with Gasteiger partial charge in [-0.3, -0.25) is 0 Å². The summed E-state index contributed by atoms with van der Waals surface area (Å²) in [6.07, 6.45) is 8.51.